The van der Waals surface area contributed by atoms with Crippen molar-refractivity contribution in [3.8, 4) is 0 Å². The third-order valence-electron chi connectivity index (χ3n) is 3.42. The highest BCUT2D eigenvalue weighted by atomic mass is 35.5. The Balaban J connectivity index is 2.22. The summed E-state index contributed by atoms with van der Waals surface area (Å²) in [5.74, 6) is 0.587. The van der Waals surface area contributed by atoms with Crippen molar-refractivity contribution >= 4 is 23.2 Å². The molecule has 3 heteroatoms. The first-order valence-electron chi connectivity index (χ1n) is 4.76. The quantitative estimate of drug-likeness (QED) is 0.696. The first-order chi connectivity index (χ1) is 6.64. The van der Waals surface area contributed by atoms with Gasteiger partial charge in [0.05, 0.1) is 5.41 Å². The molecule has 1 heterocycles. The number of hydrogen-bond acceptors (Lipinski definition) is 1. The van der Waals surface area contributed by atoms with Crippen molar-refractivity contribution < 1.29 is 4.79 Å². The molecule has 1 spiro atoms. The molecule has 0 saturated heterocycles. The lowest BCUT2D eigenvalue weighted by Crippen LogP contribution is -2.20. The smallest absolute Gasteiger partial charge is 0.235 e. The highest BCUT2D eigenvalue weighted by molar-refractivity contribution is 6.31. The van der Waals surface area contributed by atoms with Crippen LogP contribution in [0.3, 0.4) is 0 Å². The third kappa shape index (κ3) is 0.800. The van der Waals surface area contributed by atoms with Crippen molar-refractivity contribution in [3.05, 3.63) is 28.8 Å². The lowest BCUT2D eigenvalue weighted by atomic mass is 9.95. The second kappa shape index (κ2) is 2.31. The van der Waals surface area contributed by atoms with Gasteiger partial charge in [0.15, 0.2) is 0 Å². The molecule has 1 amide bonds. The van der Waals surface area contributed by atoms with Crippen molar-refractivity contribution in [1.82, 2.24) is 0 Å². The van der Waals surface area contributed by atoms with E-state index in [0.29, 0.717) is 10.9 Å². The van der Waals surface area contributed by atoms with Crippen LogP contribution in [-0.2, 0) is 10.2 Å². The number of halogens is 1. The fourth-order valence-electron chi connectivity index (χ4n) is 2.47. The summed E-state index contributed by atoms with van der Waals surface area (Å²) in [4.78, 5) is 11.8. The molecule has 1 aliphatic carbocycles. The molecule has 1 aromatic carbocycles. The number of benzene rings is 1. The van der Waals surface area contributed by atoms with Crippen LogP contribution in [-0.4, -0.2) is 5.91 Å². The molecule has 1 aliphatic heterocycles. The van der Waals surface area contributed by atoms with Crippen LogP contribution >= 0.6 is 11.6 Å². The standard InChI is InChI=1S/C11H10ClNO/c1-6-5-11(6)8-4-7(12)2-3-9(8)13-10(11)14/h2-4,6H,5H2,1H3,(H,13,14). The molecular formula is C11H10ClNO. The number of rotatable bonds is 0. The van der Waals surface area contributed by atoms with Crippen molar-refractivity contribution in [1.29, 1.82) is 0 Å². The largest absolute Gasteiger partial charge is 0.325 e. The van der Waals surface area contributed by atoms with Gasteiger partial charge in [-0.2, -0.15) is 0 Å². The summed E-state index contributed by atoms with van der Waals surface area (Å²) in [6.45, 7) is 2.11. The molecule has 14 heavy (non-hydrogen) atoms. The van der Waals surface area contributed by atoms with Gasteiger partial charge in [-0.05, 0) is 36.1 Å². The SMILES string of the molecule is CC1CC12C(=O)Nc1ccc(Cl)cc12. The first-order valence-corrected chi connectivity index (χ1v) is 5.14. The van der Waals surface area contributed by atoms with E-state index in [9.17, 15) is 4.79 Å². The van der Waals surface area contributed by atoms with Crippen LogP contribution in [0.4, 0.5) is 5.69 Å². The molecule has 0 radical (unpaired) electrons. The van der Waals surface area contributed by atoms with Crippen LogP contribution in [0.1, 0.15) is 18.9 Å². The molecule has 2 nitrogen and oxygen atoms in total. The van der Waals surface area contributed by atoms with Gasteiger partial charge < -0.3 is 5.32 Å². The topological polar surface area (TPSA) is 29.1 Å². The molecular weight excluding hydrogens is 198 g/mol. The average molecular weight is 208 g/mol. The minimum Gasteiger partial charge on any atom is -0.325 e. The molecule has 72 valence electrons. The number of carbonyl (C=O) groups is 1. The summed E-state index contributed by atoms with van der Waals surface area (Å²) in [7, 11) is 0. The Morgan fingerprint density at radius 2 is 2.29 bits per heavy atom. The minimum atomic E-state index is -0.250. The predicted molar refractivity (Wildman–Crippen MR) is 55.5 cm³/mol. The second-order valence-electron chi connectivity index (χ2n) is 4.22. The average Bonchev–Trinajstić information content (AvgIpc) is 2.74. The summed E-state index contributed by atoms with van der Waals surface area (Å²) in [6, 6.07) is 5.61. The van der Waals surface area contributed by atoms with Crippen LogP contribution in [0.5, 0.6) is 0 Å². The number of hydrogen-bond donors (Lipinski definition) is 1. The van der Waals surface area contributed by atoms with E-state index in [1.54, 1.807) is 0 Å². The fraction of sp³-hybridized carbons (Fsp3) is 0.364. The van der Waals surface area contributed by atoms with Gasteiger partial charge in [0.2, 0.25) is 5.91 Å². The second-order valence-corrected chi connectivity index (χ2v) is 4.66. The van der Waals surface area contributed by atoms with Crippen LogP contribution < -0.4 is 5.32 Å². The molecule has 2 atom stereocenters. The molecule has 2 aliphatic rings. The van der Waals surface area contributed by atoms with Gasteiger partial charge in [-0.3, -0.25) is 4.79 Å². The number of nitrogens with one attached hydrogen (secondary N) is 1. The van der Waals surface area contributed by atoms with E-state index in [0.717, 1.165) is 17.7 Å². The van der Waals surface area contributed by atoms with Crippen LogP contribution in [0.15, 0.2) is 18.2 Å². The van der Waals surface area contributed by atoms with Crippen molar-refractivity contribution in [3.63, 3.8) is 0 Å². The first kappa shape index (κ1) is 8.30. The summed E-state index contributed by atoms with van der Waals surface area (Å²) in [5.41, 5.74) is 1.77. The van der Waals surface area contributed by atoms with Gasteiger partial charge >= 0.3 is 0 Å². The lowest BCUT2D eigenvalue weighted by molar-refractivity contribution is -0.118. The van der Waals surface area contributed by atoms with E-state index < -0.39 is 0 Å². The van der Waals surface area contributed by atoms with Gasteiger partial charge in [0.1, 0.15) is 0 Å². The van der Waals surface area contributed by atoms with E-state index in [-0.39, 0.29) is 11.3 Å². The highest BCUT2D eigenvalue weighted by Gasteiger charge is 2.62. The molecule has 3 rings (SSSR count). The zero-order valence-corrected chi connectivity index (χ0v) is 8.56. The predicted octanol–water partition coefficient (Wildman–Crippen LogP) is 2.57. The van der Waals surface area contributed by atoms with Crippen LogP contribution in [0.25, 0.3) is 0 Å². The third-order valence-corrected chi connectivity index (χ3v) is 3.66. The Morgan fingerprint density at radius 1 is 1.57 bits per heavy atom. The normalized spacial score (nSPS) is 33.0. The maximum atomic E-state index is 11.8. The molecule has 1 saturated carbocycles. The van der Waals surface area contributed by atoms with Crippen molar-refractivity contribution in [2.24, 2.45) is 5.92 Å². The number of anilines is 1. The van der Waals surface area contributed by atoms with Gasteiger partial charge in [-0.15, -0.1) is 0 Å². The Hall–Kier alpha value is -1.02. The summed E-state index contributed by atoms with van der Waals surface area (Å²) in [6.07, 6.45) is 0.951. The Labute approximate surface area is 87.3 Å². The Kier molecular flexibility index (Phi) is 1.37. The summed E-state index contributed by atoms with van der Waals surface area (Å²) in [5, 5.41) is 3.62. The molecule has 1 fully saturated rings. The van der Waals surface area contributed by atoms with E-state index in [2.05, 4.69) is 12.2 Å². The minimum absolute atomic E-state index is 0.141. The monoisotopic (exact) mass is 207 g/mol. The lowest BCUT2D eigenvalue weighted by Gasteiger charge is -2.05. The van der Waals surface area contributed by atoms with Crippen molar-refractivity contribution in [2.45, 2.75) is 18.8 Å². The van der Waals surface area contributed by atoms with E-state index >= 15 is 0 Å². The zero-order valence-electron chi connectivity index (χ0n) is 7.80. The van der Waals surface area contributed by atoms with E-state index in [1.165, 1.54) is 0 Å². The van der Waals surface area contributed by atoms with E-state index in [1.807, 2.05) is 18.2 Å². The fourth-order valence-corrected chi connectivity index (χ4v) is 2.64. The molecule has 2 unspecified atom stereocenters. The number of amides is 1. The zero-order chi connectivity index (χ0) is 9.92. The van der Waals surface area contributed by atoms with Crippen LogP contribution in [0, 0.1) is 5.92 Å². The molecule has 0 bridgehead atoms. The number of fused-ring (bicyclic) bond motifs is 2. The Bertz CT molecular complexity index is 443. The van der Waals surface area contributed by atoms with Gasteiger partial charge in [-0.1, -0.05) is 18.5 Å². The Morgan fingerprint density at radius 3 is 2.93 bits per heavy atom. The molecule has 1 aromatic rings. The molecule has 0 aromatic heterocycles. The van der Waals surface area contributed by atoms with Gasteiger partial charge in [0.25, 0.3) is 0 Å². The summed E-state index contributed by atoms with van der Waals surface area (Å²) >= 11 is 5.93. The highest BCUT2D eigenvalue weighted by Crippen LogP contribution is 2.59. The summed E-state index contributed by atoms with van der Waals surface area (Å²) < 4.78 is 0. The van der Waals surface area contributed by atoms with Crippen LogP contribution in [0.2, 0.25) is 5.02 Å². The maximum Gasteiger partial charge on any atom is 0.235 e. The maximum absolute atomic E-state index is 11.8. The van der Waals surface area contributed by atoms with Gasteiger partial charge in [-0.25, -0.2) is 0 Å². The molecule has 1 N–H and O–H groups in total. The van der Waals surface area contributed by atoms with E-state index in [4.69, 9.17) is 11.6 Å². The van der Waals surface area contributed by atoms with Gasteiger partial charge in [0, 0.05) is 10.7 Å². The number of carbonyl (C=O) groups excluding carboxylic acids is 1. The van der Waals surface area contributed by atoms with Crippen molar-refractivity contribution in [2.75, 3.05) is 5.32 Å².